The highest BCUT2D eigenvalue weighted by Gasteiger charge is 2.11. The maximum atomic E-state index is 13.0. The fourth-order valence-corrected chi connectivity index (χ4v) is 3.05. The summed E-state index contributed by atoms with van der Waals surface area (Å²) in [6, 6.07) is 13.0. The quantitative estimate of drug-likeness (QED) is 0.694. The number of nitrogens with zero attached hydrogens (tertiary/aromatic N) is 1. The predicted octanol–water partition coefficient (Wildman–Crippen LogP) is 3.26. The number of hydrogen-bond acceptors (Lipinski definition) is 4. The van der Waals surface area contributed by atoms with Gasteiger partial charge in [0.05, 0.1) is 12.1 Å². The lowest BCUT2D eigenvalue weighted by Gasteiger charge is -2.06. The Morgan fingerprint density at radius 2 is 1.73 bits per heavy atom. The summed E-state index contributed by atoms with van der Waals surface area (Å²) < 4.78 is 13.0. The van der Waals surface area contributed by atoms with Gasteiger partial charge in [-0.05, 0) is 43.3 Å². The summed E-state index contributed by atoms with van der Waals surface area (Å²) in [6.45, 7) is 1.93. The van der Waals surface area contributed by atoms with Gasteiger partial charge in [-0.15, -0.1) is 11.3 Å². The lowest BCUT2D eigenvalue weighted by atomic mass is 10.1. The van der Waals surface area contributed by atoms with Crippen LogP contribution in [0.2, 0.25) is 0 Å². The molecule has 132 valence electrons. The van der Waals surface area contributed by atoms with Crippen molar-refractivity contribution in [2.75, 3.05) is 0 Å². The number of nitrogens with one attached hydrogen (secondary N) is 2. The maximum Gasteiger partial charge on any atom is 0.269 e. The topological polar surface area (TPSA) is 71.1 Å². The van der Waals surface area contributed by atoms with E-state index in [-0.39, 0.29) is 24.1 Å². The van der Waals surface area contributed by atoms with Crippen LogP contribution >= 0.6 is 11.3 Å². The molecule has 0 aliphatic carbocycles. The molecule has 0 saturated heterocycles. The number of thiazole rings is 1. The van der Waals surface area contributed by atoms with Gasteiger partial charge in [0.15, 0.2) is 0 Å². The summed E-state index contributed by atoms with van der Waals surface area (Å²) in [5.41, 5.74) is 7.63. The van der Waals surface area contributed by atoms with Crippen molar-refractivity contribution in [2.24, 2.45) is 0 Å². The standard InChI is InChI=1S/C19H16FN3O2S/c1-12-2-4-13(5-3-12)18(25)23-22-17(24)10-16-11-26-19(21-16)14-6-8-15(20)9-7-14/h2-9,11H,10H2,1H3,(H,22,24)(H,23,25). The molecule has 7 heteroatoms. The highest BCUT2D eigenvalue weighted by atomic mass is 32.1. The largest absolute Gasteiger partial charge is 0.273 e. The number of benzene rings is 2. The summed E-state index contributed by atoms with van der Waals surface area (Å²) in [7, 11) is 0. The highest BCUT2D eigenvalue weighted by Crippen LogP contribution is 2.24. The zero-order valence-electron chi connectivity index (χ0n) is 14.0. The van der Waals surface area contributed by atoms with Gasteiger partial charge in [0.2, 0.25) is 5.91 Å². The van der Waals surface area contributed by atoms with E-state index in [1.54, 1.807) is 29.6 Å². The highest BCUT2D eigenvalue weighted by molar-refractivity contribution is 7.13. The summed E-state index contributed by atoms with van der Waals surface area (Å²) >= 11 is 1.37. The Morgan fingerprint density at radius 3 is 2.42 bits per heavy atom. The zero-order valence-corrected chi connectivity index (χ0v) is 14.8. The van der Waals surface area contributed by atoms with Crippen LogP contribution in [-0.4, -0.2) is 16.8 Å². The minimum Gasteiger partial charge on any atom is -0.273 e. The molecular formula is C19H16FN3O2S. The molecule has 3 aromatic rings. The fourth-order valence-electron chi connectivity index (χ4n) is 2.23. The first-order valence-corrected chi connectivity index (χ1v) is 8.75. The van der Waals surface area contributed by atoms with E-state index in [0.29, 0.717) is 16.3 Å². The Bertz CT molecular complexity index is 921. The van der Waals surface area contributed by atoms with Crippen LogP contribution in [-0.2, 0) is 11.2 Å². The number of carbonyl (C=O) groups excluding carboxylic acids is 2. The van der Waals surface area contributed by atoms with Crippen molar-refractivity contribution in [3.63, 3.8) is 0 Å². The Labute approximate surface area is 153 Å². The van der Waals surface area contributed by atoms with Crippen molar-refractivity contribution in [1.29, 1.82) is 0 Å². The summed E-state index contributed by atoms with van der Waals surface area (Å²) in [4.78, 5) is 28.3. The second-order valence-corrected chi connectivity index (χ2v) is 6.55. The average molecular weight is 369 g/mol. The van der Waals surface area contributed by atoms with E-state index in [1.807, 2.05) is 19.1 Å². The van der Waals surface area contributed by atoms with Crippen LogP contribution in [0, 0.1) is 12.7 Å². The third kappa shape index (κ3) is 4.52. The normalized spacial score (nSPS) is 10.4. The van der Waals surface area contributed by atoms with Crippen molar-refractivity contribution in [2.45, 2.75) is 13.3 Å². The summed E-state index contributed by atoms with van der Waals surface area (Å²) in [5, 5.41) is 2.47. The molecule has 0 atom stereocenters. The van der Waals surface area contributed by atoms with Crippen molar-refractivity contribution in [3.05, 3.63) is 76.5 Å². The van der Waals surface area contributed by atoms with E-state index in [0.717, 1.165) is 11.1 Å². The van der Waals surface area contributed by atoms with Crippen molar-refractivity contribution >= 4 is 23.2 Å². The molecule has 5 nitrogen and oxygen atoms in total. The molecule has 0 unspecified atom stereocenters. The molecule has 0 saturated carbocycles. The van der Waals surface area contributed by atoms with E-state index in [2.05, 4.69) is 15.8 Å². The number of amides is 2. The van der Waals surface area contributed by atoms with Crippen LogP contribution < -0.4 is 10.9 Å². The van der Waals surface area contributed by atoms with Crippen LogP contribution in [0.25, 0.3) is 10.6 Å². The van der Waals surface area contributed by atoms with Crippen LogP contribution in [0.1, 0.15) is 21.6 Å². The number of rotatable bonds is 4. The molecule has 3 rings (SSSR count). The molecule has 1 aromatic heterocycles. The second kappa shape index (κ2) is 7.88. The molecule has 0 bridgehead atoms. The van der Waals surface area contributed by atoms with E-state index >= 15 is 0 Å². The fraction of sp³-hybridized carbons (Fsp3) is 0.105. The van der Waals surface area contributed by atoms with Gasteiger partial charge in [-0.2, -0.15) is 0 Å². The predicted molar refractivity (Wildman–Crippen MR) is 98.0 cm³/mol. The molecular weight excluding hydrogens is 353 g/mol. The molecule has 2 amide bonds. The number of carbonyl (C=O) groups is 2. The Balaban J connectivity index is 1.54. The van der Waals surface area contributed by atoms with Crippen LogP contribution in [0.5, 0.6) is 0 Å². The van der Waals surface area contributed by atoms with Gasteiger partial charge >= 0.3 is 0 Å². The van der Waals surface area contributed by atoms with Crippen molar-refractivity contribution in [1.82, 2.24) is 15.8 Å². The second-order valence-electron chi connectivity index (χ2n) is 5.70. The van der Waals surface area contributed by atoms with Crippen molar-refractivity contribution in [3.8, 4) is 10.6 Å². The van der Waals surface area contributed by atoms with Gasteiger partial charge in [-0.1, -0.05) is 17.7 Å². The van der Waals surface area contributed by atoms with E-state index in [4.69, 9.17) is 0 Å². The van der Waals surface area contributed by atoms with Gasteiger partial charge in [0.1, 0.15) is 10.8 Å². The minimum absolute atomic E-state index is 0.0336. The number of halogens is 1. The molecule has 1 heterocycles. The maximum absolute atomic E-state index is 13.0. The lowest BCUT2D eigenvalue weighted by Crippen LogP contribution is -2.42. The Morgan fingerprint density at radius 1 is 1.04 bits per heavy atom. The number of hydrazine groups is 1. The van der Waals surface area contributed by atoms with Crippen LogP contribution in [0.3, 0.4) is 0 Å². The van der Waals surface area contributed by atoms with Gasteiger partial charge in [-0.25, -0.2) is 9.37 Å². The first kappa shape index (κ1) is 17.8. The van der Waals surface area contributed by atoms with Crippen LogP contribution in [0.4, 0.5) is 4.39 Å². The molecule has 0 fully saturated rings. The Hall–Kier alpha value is -3.06. The smallest absolute Gasteiger partial charge is 0.269 e. The number of hydrogen-bond donors (Lipinski definition) is 2. The van der Waals surface area contributed by atoms with Gasteiger partial charge in [0.25, 0.3) is 5.91 Å². The van der Waals surface area contributed by atoms with Gasteiger partial charge in [-0.3, -0.25) is 20.4 Å². The molecule has 0 spiro atoms. The molecule has 0 radical (unpaired) electrons. The van der Waals surface area contributed by atoms with E-state index in [1.165, 1.54) is 23.5 Å². The zero-order chi connectivity index (χ0) is 18.5. The third-order valence-electron chi connectivity index (χ3n) is 3.61. The van der Waals surface area contributed by atoms with Crippen LogP contribution in [0.15, 0.2) is 53.9 Å². The molecule has 2 N–H and O–H groups in total. The van der Waals surface area contributed by atoms with E-state index < -0.39 is 0 Å². The summed E-state index contributed by atoms with van der Waals surface area (Å²) in [5.74, 6) is -1.07. The van der Waals surface area contributed by atoms with Gasteiger partial charge in [0, 0.05) is 16.5 Å². The lowest BCUT2D eigenvalue weighted by molar-refractivity contribution is -0.121. The first-order chi connectivity index (χ1) is 12.5. The monoisotopic (exact) mass is 369 g/mol. The molecule has 0 aliphatic rings. The molecule has 0 aliphatic heterocycles. The average Bonchev–Trinajstić information content (AvgIpc) is 3.09. The number of aromatic nitrogens is 1. The first-order valence-electron chi connectivity index (χ1n) is 7.87. The van der Waals surface area contributed by atoms with E-state index in [9.17, 15) is 14.0 Å². The minimum atomic E-state index is -0.386. The third-order valence-corrected chi connectivity index (χ3v) is 4.55. The van der Waals surface area contributed by atoms with Gasteiger partial charge < -0.3 is 0 Å². The molecule has 2 aromatic carbocycles. The van der Waals surface area contributed by atoms with Crippen molar-refractivity contribution < 1.29 is 14.0 Å². The SMILES string of the molecule is Cc1ccc(C(=O)NNC(=O)Cc2csc(-c3ccc(F)cc3)n2)cc1. The Kier molecular flexibility index (Phi) is 5.38. The summed E-state index contributed by atoms with van der Waals surface area (Å²) in [6.07, 6.45) is 0.0336. The molecule has 26 heavy (non-hydrogen) atoms. The number of aryl methyl sites for hydroxylation is 1.